The van der Waals surface area contributed by atoms with Gasteiger partial charge in [-0.3, -0.25) is 4.79 Å². The van der Waals surface area contributed by atoms with Crippen LogP contribution >= 0.6 is 11.3 Å². The first-order valence-electron chi connectivity index (χ1n) is 7.17. The van der Waals surface area contributed by atoms with Crippen molar-refractivity contribution in [2.45, 2.75) is 6.54 Å². The van der Waals surface area contributed by atoms with E-state index >= 15 is 0 Å². The van der Waals surface area contributed by atoms with E-state index in [1.807, 2.05) is 35.7 Å². The van der Waals surface area contributed by atoms with Crippen molar-refractivity contribution in [3.05, 3.63) is 71.2 Å². The van der Waals surface area contributed by atoms with Crippen molar-refractivity contribution >= 4 is 17.2 Å². The standard InChI is InChI=1S/C18H16N2O2S/c1-22-16-4-2-3-15(11-16)17(21)20-12-13-5-7-14(8-6-13)18-19-9-10-23-18/h2-11H,12H2,1H3,(H,20,21). The molecule has 2 aromatic carbocycles. The summed E-state index contributed by atoms with van der Waals surface area (Å²) in [6.45, 7) is 0.480. The molecule has 0 aliphatic heterocycles. The average molecular weight is 324 g/mol. The molecule has 1 N–H and O–H groups in total. The molecule has 1 amide bonds. The number of thiazole rings is 1. The number of hydrogen-bond donors (Lipinski definition) is 1. The topological polar surface area (TPSA) is 51.2 Å². The van der Waals surface area contributed by atoms with Crippen molar-refractivity contribution < 1.29 is 9.53 Å². The smallest absolute Gasteiger partial charge is 0.251 e. The molecule has 1 aromatic heterocycles. The Morgan fingerprint density at radius 3 is 2.74 bits per heavy atom. The third kappa shape index (κ3) is 3.76. The fourth-order valence-corrected chi connectivity index (χ4v) is 2.82. The van der Waals surface area contributed by atoms with Gasteiger partial charge < -0.3 is 10.1 Å². The van der Waals surface area contributed by atoms with Gasteiger partial charge in [0.25, 0.3) is 5.91 Å². The van der Waals surface area contributed by atoms with Crippen molar-refractivity contribution in [1.82, 2.24) is 10.3 Å². The molecule has 5 heteroatoms. The maximum Gasteiger partial charge on any atom is 0.251 e. The molecule has 1 heterocycles. The number of carbonyl (C=O) groups is 1. The molecule has 3 aromatic rings. The molecule has 116 valence electrons. The van der Waals surface area contributed by atoms with E-state index in [0.717, 1.165) is 16.1 Å². The van der Waals surface area contributed by atoms with Crippen LogP contribution in [0.1, 0.15) is 15.9 Å². The number of carbonyl (C=O) groups excluding carboxylic acids is 1. The van der Waals surface area contributed by atoms with Gasteiger partial charge in [0.05, 0.1) is 7.11 Å². The summed E-state index contributed by atoms with van der Waals surface area (Å²) in [7, 11) is 1.58. The summed E-state index contributed by atoms with van der Waals surface area (Å²) in [5, 5.41) is 5.87. The van der Waals surface area contributed by atoms with Gasteiger partial charge in [0.15, 0.2) is 0 Å². The zero-order valence-electron chi connectivity index (χ0n) is 12.7. The number of nitrogens with one attached hydrogen (secondary N) is 1. The fraction of sp³-hybridized carbons (Fsp3) is 0.111. The van der Waals surface area contributed by atoms with Crippen LogP contribution in [-0.4, -0.2) is 18.0 Å². The SMILES string of the molecule is COc1cccc(C(=O)NCc2ccc(-c3nccs3)cc2)c1. The summed E-state index contributed by atoms with van der Waals surface area (Å²) < 4.78 is 5.13. The van der Waals surface area contributed by atoms with Crippen molar-refractivity contribution in [2.24, 2.45) is 0 Å². The number of rotatable bonds is 5. The average Bonchev–Trinajstić information content (AvgIpc) is 3.15. The number of amides is 1. The Labute approximate surface area is 138 Å². The predicted molar refractivity (Wildman–Crippen MR) is 91.7 cm³/mol. The third-order valence-corrected chi connectivity index (χ3v) is 4.24. The van der Waals surface area contributed by atoms with Gasteiger partial charge in [0, 0.05) is 29.2 Å². The second-order valence-corrected chi connectivity index (χ2v) is 5.84. The van der Waals surface area contributed by atoms with E-state index in [0.29, 0.717) is 17.9 Å². The summed E-state index contributed by atoms with van der Waals surface area (Å²) in [6.07, 6.45) is 1.79. The maximum atomic E-state index is 12.2. The van der Waals surface area contributed by atoms with Crippen LogP contribution in [0.2, 0.25) is 0 Å². The largest absolute Gasteiger partial charge is 0.497 e. The second kappa shape index (κ2) is 7.07. The highest BCUT2D eigenvalue weighted by Gasteiger charge is 2.06. The Bertz CT molecular complexity index is 783. The Morgan fingerprint density at radius 2 is 2.04 bits per heavy atom. The quantitative estimate of drug-likeness (QED) is 0.777. The van der Waals surface area contributed by atoms with Crippen LogP contribution in [0.5, 0.6) is 5.75 Å². The molecule has 0 saturated carbocycles. The number of ether oxygens (including phenoxy) is 1. The van der Waals surface area contributed by atoms with E-state index in [2.05, 4.69) is 10.3 Å². The van der Waals surface area contributed by atoms with E-state index < -0.39 is 0 Å². The monoisotopic (exact) mass is 324 g/mol. The number of benzene rings is 2. The molecule has 0 bridgehead atoms. The maximum absolute atomic E-state index is 12.2. The summed E-state index contributed by atoms with van der Waals surface area (Å²) in [6, 6.07) is 15.2. The summed E-state index contributed by atoms with van der Waals surface area (Å²) >= 11 is 1.61. The molecule has 3 rings (SSSR count). The molecule has 0 atom stereocenters. The van der Waals surface area contributed by atoms with Crippen LogP contribution in [-0.2, 0) is 6.54 Å². The van der Waals surface area contributed by atoms with Crippen LogP contribution in [0.25, 0.3) is 10.6 Å². The molecule has 0 fully saturated rings. The summed E-state index contributed by atoms with van der Waals surface area (Å²) in [5.74, 6) is 0.554. The molecular formula is C18H16N2O2S. The van der Waals surface area contributed by atoms with Crippen molar-refractivity contribution in [3.63, 3.8) is 0 Å². The van der Waals surface area contributed by atoms with Gasteiger partial charge in [0.2, 0.25) is 0 Å². The predicted octanol–water partition coefficient (Wildman–Crippen LogP) is 3.75. The van der Waals surface area contributed by atoms with Crippen LogP contribution in [0, 0.1) is 0 Å². The first-order chi connectivity index (χ1) is 11.3. The molecule has 0 aliphatic rings. The molecule has 0 radical (unpaired) electrons. The minimum absolute atomic E-state index is 0.118. The highest BCUT2D eigenvalue weighted by atomic mass is 32.1. The first kappa shape index (κ1) is 15.2. The van der Waals surface area contributed by atoms with Crippen LogP contribution in [0.3, 0.4) is 0 Å². The second-order valence-electron chi connectivity index (χ2n) is 4.95. The van der Waals surface area contributed by atoms with Crippen LogP contribution in [0.15, 0.2) is 60.1 Å². The van der Waals surface area contributed by atoms with Gasteiger partial charge in [-0.05, 0) is 23.8 Å². The lowest BCUT2D eigenvalue weighted by Crippen LogP contribution is -2.22. The lowest BCUT2D eigenvalue weighted by molar-refractivity contribution is 0.0950. The van der Waals surface area contributed by atoms with Crippen LogP contribution < -0.4 is 10.1 Å². The lowest BCUT2D eigenvalue weighted by Gasteiger charge is -2.07. The number of methoxy groups -OCH3 is 1. The minimum Gasteiger partial charge on any atom is -0.497 e. The molecular weight excluding hydrogens is 308 g/mol. The van der Waals surface area contributed by atoms with Gasteiger partial charge in [-0.1, -0.05) is 30.3 Å². The van der Waals surface area contributed by atoms with Gasteiger partial charge in [0.1, 0.15) is 10.8 Å². The number of hydrogen-bond acceptors (Lipinski definition) is 4. The third-order valence-electron chi connectivity index (χ3n) is 3.42. The van der Waals surface area contributed by atoms with Crippen molar-refractivity contribution in [3.8, 4) is 16.3 Å². The van der Waals surface area contributed by atoms with E-state index in [9.17, 15) is 4.79 Å². The van der Waals surface area contributed by atoms with Gasteiger partial charge in [-0.25, -0.2) is 4.98 Å². The molecule has 4 nitrogen and oxygen atoms in total. The van der Waals surface area contributed by atoms with E-state index in [-0.39, 0.29) is 5.91 Å². The highest BCUT2D eigenvalue weighted by Crippen LogP contribution is 2.21. The summed E-state index contributed by atoms with van der Waals surface area (Å²) in [4.78, 5) is 16.4. The molecule has 0 saturated heterocycles. The van der Waals surface area contributed by atoms with Gasteiger partial charge in [-0.2, -0.15) is 0 Å². The Kier molecular flexibility index (Phi) is 4.68. The Morgan fingerprint density at radius 1 is 1.22 bits per heavy atom. The Balaban J connectivity index is 1.62. The normalized spacial score (nSPS) is 10.3. The summed E-state index contributed by atoms with van der Waals surface area (Å²) in [5.41, 5.74) is 2.72. The number of nitrogens with zero attached hydrogens (tertiary/aromatic N) is 1. The number of aromatic nitrogens is 1. The zero-order valence-corrected chi connectivity index (χ0v) is 13.5. The van der Waals surface area contributed by atoms with Crippen LogP contribution in [0.4, 0.5) is 0 Å². The fourth-order valence-electron chi connectivity index (χ4n) is 2.18. The first-order valence-corrected chi connectivity index (χ1v) is 8.05. The molecule has 23 heavy (non-hydrogen) atoms. The van der Waals surface area contributed by atoms with Crippen molar-refractivity contribution in [1.29, 1.82) is 0 Å². The van der Waals surface area contributed by atoms with E-state index in [4.69, 9.17) is 4.74 Å². The Hall–Kier alpha value is -2.66. The minimum atomic E-state index is -0.118. The van der Waals surface area contributed by atoms with E-state index in [1.165, 1.54) is 0 Å². The lowest BCUT2D eigenvalue weighted by atomic mass is 10.1. The van der Waals surface area contributed by atoms with Gasteiger partial charge in [-0.15, -0.1) is 11.3 Å². The van der Waals surface area contributed by atoms with Gasteiger partial charge >= 0.3 is 0 Å². The highest BCUT2D eigenvalue weighted by molar-refractivity contribution is 7.13. The molecule has 0 spiro atoms. The zero-order chi connectivity index (χ0) is 16.1. The van der Waals surface area contributed by atoms with E-state index in [1.54, 1.807) is 42.8 Å². The van der Waals surface area contributed by atoms with Crippen molar-refractivity contribution in [2.75, 3.05) is 7.11 Å². The molecule has 0 aliphatic carbocycles. The molecule has 0 unspecified atom stereocenters.